The smallest absolute Gasteiger partial charge is 0.125 e. The molecule has 0 amide bonds. The predicted molar refractivity (Wildman–Crippen MR) is 63.3 cm³/mol. The highest BCUT2D eigenvalue weighted by Crippen LogP contribution is 2.27. The van der Waals surface area contributed by atoms with Gasteiger partial charge in [0.25, 0.3) is 0 Å². The van der Waals surface area contributed by atoms with E-state index in [0.717, 1.165) is 38.5 Å². The molecule has 1 saturated carbocycles. The summed E-state index contributed by atoms with van der Waals surface area (Å²) in [5, 5.41) is 10.2. The SMILES string of the molecule is CCC(N)(C#CC1(O)CCCCC1)CC. The van der Waals surface area contributed by atoms with E-state index in [1.54, 1.807) is 0 Å². The molecule has 3 N–H and O–H groups in total. The highest BCUT2D eigenvalue weighted by Gasteiger charge is 2.27. The van der Waals surface area contributed by atoms with E-state index in [0.29, 0.717) is 0 Å². The van der Waals surface area contributed by atoms with Crippen LogP contribution in [0.3, 0.4) is 0 Å². The minimum atomic E-state index is -0.757. The van der Waals surface area contributed by atoms with Crippen molar-refractivity contribution in [1.82, 2.24) is 0 Å². The van der Waals surface area contributed by atoms with Gasteiger partial charge in [0.05, 0.1) is 5.54 Å². The number of hydrogen-bond acceptors (Lipinski definition) is 2. The maximum Gasteiger partial charge on any atom is 0.125 e. The van der Waals surface area contributed by atoms with E-state index in [4.69, 9.17) is 5.73 Å². The second kappa shape index (κ2) is 5.01. The lowest BCUT2D eigenvalue weighted by molar-refractivity contribution is 0.0607. The quantitative estimate of drug-likeness (QED) is 0.685. The van der Waals surface area contributed by atoms with E-state index in [1.807, 2.05) is 13.8 Å². The molecule has 2 nitrogen and oxygen atoms in total. The third-order valence-electron chi connectivity index (χ3n) is 3.49. The van der Waals surface area contributed by atoms with E-state index < -0.39 is 11.1 Å². The van der Waals surface area contributed by atoms with Gasteiger partial charge in [0, 0.05) is 0 Å². The van der Waals surface area contributed by atoms with Gasteiger partial charge in [0.2, 0.25) is 0 Å². The lowest BCUT2D eigenvalue weighted by Gasteiger charge is -2.28. The van der Waals surface area contributed by atoms with E-state index in [-0.39, 0.29) is 0 Å². The molecule has 0 saturated heterocycles. The fourth-order valence-electron chi connectivity index (χ4n) is 1.93. The molecule has 0 bridgehead atoms. The van der Waals surface area contributed by atoms with Gasteiger partial charge in [-0.2, -0.15) is 0 Å². The minimum Gasteiger partial charge on any atom is -0.378 e. The summed E-state index contributed by atoms with van der Waals surface area (Å²) in [6.45, 7) is 4.09. The van der Waals surface area contributed by atoms with Gasteiger partial charge in [-0.1, -0.05) is 32.1 Å². The molecule has 0 radical (unpaired) electrons. The lowest BCUT2D eigenvalue weighted by atomic mass is 9.84. The van der Waals surface area contributed by atoms with Crippen molar-refractivity contribution in [3.8, 4) is 11.8 Å². The van der Waals surface area contributed by atoms with Crippen molar-refractivity contribution in [2.45, 2.75) is 69.9 Å². The second-order valence-corrected chi connectivity index (χ2v) is 4.71. The van der Waals surface area contributed by atoms with Crippen molar-refractivity contribution in [3.05, 3.63) is 0 Å². The van der Waals surface area contributed by atoms with Gasteiger partial charge < -0.3 is 10.8 Å². The molecule has 86 valence electrons. The summed E-state index contributed by atoms with van der Waals surface area (Å²) >= 11 is 0. The van der Waals surface area contributed by atoms with E-state index in [2.05, 4.69) is 11.8 Å². The Morgan fingerprint density at radius 2 is 1.73 bits per heavy atom. The molecule has 0 aliphatic heterocycles. The Hall–Kier alpha value is -0.520. The summed E-state index contributed by atoms with van der Waals surface area (Å²) in [4.78, 5) is 0. The molecule has 15 heavy (non-hydrogen) atoms. The Balaban J connectivity index is 2.69. The van der Waals surface area contributed by atoms with Crippen molar-refractivity contribution in [3.63, 3.8) is 0 Å². The molecule has 1 rings (SSSR count). The highest BCUT2D eigenvalue weighted by atomic mass is 16.3. The predicted octanol–water partition coefficient (Wildman–Crippen LogP) is 2.20. The van der Waals surface area contributed by atoms with Crippen LogP contribution in [0.25, 0.3) is 0 Å². The summed E-state index contributed by atoms with van der Waals surface area (Å²) in [5.74, 6) is 6.10. The number of nitrogens with two attached hydrogens (primary N) is 1. The molecule has 0 aromatic rings. The van der Waals surface area contributed by atoms with Crippen molar-refractivity contribution in [2.75, 3.05) is 0 Å². The molecule has 0 aromatic heterocycles. The van der Waals surface area contributed by atoms with Crippen LogP contribution in [0, 0.1) is 11.8 Å². The van der Waals surface area contributed by atoms with Crippen LogP contribution in [0.2, 0.25) is 0 Å². The first-order chi connectivity index (χ1) is 7.04. The fraction of sp³-hybridized carbons (Fsp3) is 0.846. The molecule has 0 aromatic carbocycles. The number of hydrogen-bond donors (Lipinski definition) is 2. The molecule has 0 spiro atoms. The third-order valence-corrected chi connectivity index (χ3v) is 3.49. The highest BCUT2D eigenvalue weighted by molar-refractivity contribution is 5.23. The Morgan fingerprint density at radius 3 is 2.20 bits per heavy atom. The molecule has 0 atom stereocenters. The Morgan fingerprint density at radius 1 is 1.20 bits per heavy atom. The Bertz CT molecular complexity index is 251. The van der Waals surface area contributed by atoms with Crippen molar-refractivity contribution < 1.29 is 5.11 Å². The first-order valence-electron chi connectivity index (χ1n) is 6.09. The zero-order valence-electron chi connectivity index (χ0n) is 9.97. The van der Waals surface area contributed by atoms with Gasteiger partial charge in [-0.15, -0.1) is 0 Å². The van der Waals surface area contributed by atoms with Gasteiger partial charge >= 0.3 is 0 Å². The summed E-state index contributed by atoms with van der Waals surface area (Å²) in [6, 6.07) is 0. The average molecular weight is 209 g/mol. The summed E-state index contributed by atoms with van der Waals surface area (Å²) in [5.41, 5.74) is 4.92. The monoisotopic (exact) mass is 209 g/mol. The molecule has 2 heteroatoms. The maximum absolute atomic E-state index is 10.2. The zero-order chi connectivity index (χ0) is 11.4. The Labute approximate surface area is 93.2 Å². The van der Waals surface area contributed by atoms with Crippen LogP contribution >= 0.6 is 0 Å². The third kappa shape index (κ3) is 3.52. The van der Waals surface area contributed by atoms with Gasteiger partial charge in [-0.05, 0) is 38.5 Å². The topological polar surface area (TPSA) is 46.2 Å². The molecule has 0 heterocycles. The van der Waals surface area contributed by atoms with Gasteiger partial charge in [0.15, 0.2) is 0 Å². The number of rotatable bonds is 2. The van der Waals surface area contributed by atoms with Crippen molar-refractivity contribution >= 4 is 0 Å². The summed E-state index contributed by atoms with van der Waals surface area (Å²) in [6.07, 6.45) is 6.69. The maximum atomic E-state index is 10.2. The van der Waals surface area contributed by atoms with E-state index in [9.17, 15) is 5.11 Å². The van der Waals surface area contributed by atoms with E-state index >= 15 is 0 Å². The fourth-order valence-corrected chi connectivity index (χ4v) is 1.93. The second-order valence-electron chi connectivity index (χ2n) is 4.71. The summed E-state index contributed by atoms with van der Waals surface area (Å²) < 4.78 is 0. The minimum absolute atomic E-state index is 0.410. The average Bonchev–Trinajstić information content (AvgIpc) is 2.27. The molecule has 1 aliphatic rings. The molecular weight excluding hydrogens is 186 g/mol. The molecule has 1 aliphatic carbocycles. The number of aliphatic hydroxyl groups is 1. The molecule has 1 fully saturated rings. The summed E-state index contributed by atoms with van der Waals surface area (Å²) in [7, 11) is 0. The van der Waals surface area contributed by atoms with Crippen LogP contribution in [0.5, 0.6) is 0 Å². The van der Waals surface area contributed by atoms with Gasteiger partial charge in [-0.25, -0.2) is 0 Å². The standard InChI is InChI=1S/C13H23NO/c1-3-12(14,4-2)10-11-13(15)8-6-5-7-9-13/h15H,3-9,14H2,1-2H3. The normalized spacial score (nSPS) is 20.5. The largest absolute Gasteiger partial charge is 0.378 e. The molecular formula is C13H23NO. The van der Waals surface area contributed by atoms with E-state index in [1.165, 1.54) is 6.42 Å². The van der Waals surface area contributed by atoms with Crippen molar-refractivity contribution in [1.29, 1.82) is 0 Å². The van der Waals surface area contributed by atoms with Crippen LogP contribution in [-0.4, -0.2) is 16.2 Å². The first kappa shape index (κ1) is 12.5. The van der Waals surface area contributed by atoms with Crippen LogP contribution < -0.4 is 5.73 Å². The van der Waals surface area contributed by atoms with Crippen molar-refractivity contribution in [2.24, 2.45) is 5.73 Å². The molecule has 0 unspecified atom stereocenters. The first-order valence-corrected chi connectivity index (χ1v) is 6.09. The van der Waals surface area contributed by atoms with Gasteiger partial charge in [0.1, 0.15) is 5.60 Å². The Kier molecular flexibility index (Phi) is 4.19. The van der Waals surface area contributed by atoms with Crippen LogP contribution in [-0.2, 0) is 0 Å². The zero-order valence-corrected chi connectivity index (χ0v) is 9.97. The van der Waals surface area contributed by atoms with Crippen LogP contribution in [0.1, 0.15) is 58.8 Å². The van der Waals surface area contributed by atoms with Crippen LogP contribution in [0.4, 0.5) is 0 Å². The van der Waals surface area contributed by atoms with Gasteiger partial charge in [-0.3, -0.25) is 0 Å². The van der Waals surface area contributed by atoms with Crippen LogP contribution in [0.15, 0.2) is 0 Å². The lowest BCUT2D eigenvalue weighted by Crippen LogP contribution is -2.38.